The predicted molar refractivity (Wildman–Crippen MR) is 103 cm³/mol. The highest BCUT2D eigenvalue weighted by Gasteiger charge is 2.28. The number of hydrogen-bond donors (Lipinski definition) is 0. The SMILES string of the molecule is CC(C)n1cc(C(=O)N2CCO[C@H](c3ccccc3)C2)c2ccccc21. The number of morpholine rings is 1. The van der Waals surface area contributed by atoms with Crippen LogP contribution in [0.2, 0.25) is 0 Å². The Balaban J connectivity index is 1.64. The molecular formula is C22H24N2O2. The Labute approximate surface area is 154 Å². The Morgan fingerprint density at radius 3 is 2.58 bits per heavy atom. The molecule has 134 valence electrons. The lowest BCUT2D eigenvalue weighted by atomic mass is 10.1. The summed E-state index contributed by atoms with van der Waals surface area (Å²) >= 11 is 0. The van der Waals surface area contributed by atoms with Crippen LogP contribution in [0.1, 0.15) is 41.9 Å². The standard InChI is InChI=1S/C22H24N2O2/c1-16(2)24-14-19(18-10-6-7-11-20(18)24)22(25)23-12-13-26-21(15-23)17-8-4-3-5-9-17/h3-11,14,16,21H,12-13,15H2,1-2H3/t21-/m0/s1. The van der Waals surface area contributed by atoms with Crippen molar-refractivity contribution in [2.24, 2.45) is 0 Å². The molecule has 1 fully saturated rings. The smallest absolute Gasteiger partial charge is 0.256 e. The highest BCUT2D eigenvalue weighted by atomic mass is 16.5. The molecular weight excluding hydrogens is 324 g/mol. The number of nitrogens with zero attached hydrogens (tertiary/aromatic N) is 2. The molecule has 4 nitrogen and oxygen atoms in total. The molecule has 1 amide bonds. The second kappa shape index (κ2) is 6.96. The number of carbonyl (C=O) groups is 1. The van der Waals surface area contributed by atoms with Crippen molar-refractivity contribution in [2.45, 2.75) is 26.0 Å². The maximum atomic E-state index is 13.3. The van der Waals surface area contributed by atoms with Crippen LogP contribution in [0, 0.1) is 0 Å². The quantitative estimate of drug-likeness (QED) is 0.701. The Kier molecular flexibility index (Phi) is 4.51. The van der Waals surface area contributed by atoms with Crippen LogP contribution in [-0.2, 0) is 4.74 Å². The third kappa shape index (κ3) is 3.01. The monoisotopic (exact) mass is 348 g/mol. The van der Waals surface area contributed by atoms with Crippen LogP contribution in [-0.4, -0.2) is 35.1 Å². The molecule has 0 saturated carbocycles. The summed E-state index contributed by atoms with van der Waals surface area (Å²) in [6, 6.07) is 18.6. The molecule has 1 aromatic heterocycles. The van der Waals surface area contributed by atoms with E-state index in [1.807, 2.05) is 47.5 Å². The lowest BCUT2D eigenvalue weighted by Gasteiger charge is -2.33. The molecule has 0 bridgehead atoms. The molecule has 0 spiro atoms. The Hall–Kier alpha value is -2.59. The Morgan fingerprint density at radius 2 is 1.81 bits per heavy atom. The number of hydrogen-bond acceptors (Lipinski definition) is 2. The molecule has 3 aromatic rings. The van der Waals surface area contributed by atoms with Crippen LogP contribution < -0.4 is 0 Å². The summed E-state index contributed by atoms with van der Waals surface area (Å²) in [6.07, 6.45) is 1.94. The fraction of sp³-hybridized carbons (Fsp3) is 0.318. The molecule has 1 aliphatic rings. The van der Waals surface area contributed by atoms with Crippen molar-refractivity contribution >= 4 is 16.8 Å². The number of benzene rings is 2. The van der Waals surface area contributed by atoms with Gasteiger partial charge in [-0.15, -0.1) is 0 Å². The van der Waals surface area contributed by atoms with Gasteiger partial charge in [0, 0.05) is 29.7 Å². The second-order valence-electron chi connectivity index (χ2n) is 7.08. The number of ether oxygens (including phenoxy) is 1. The zero-order valence-corrected chi connectivity index (χ0v) is 15.3. The first-order valence-electron chi connectivity index (χ1n) is 9.20. The second-order valence-corrected chi connectivity index (χ2v) is 7.08. The zero-order chi connectivity index (χ0) is 18.1. The molecule has 4 heteroatoms. The zero-order valence-electron chi connectivity index (χ0n) is 15.3. The predicted octanol–water partition coefficient (Wildman–Crippen LogP) is 4.44. The van der Waals surface area contributed by atoms with E-state index in [4.69, 9.17) is 4.74 Å². The average molecular weight is 348 g/mol. The van der Waals surface area contributed by atoms with Gasteiger partial charge in [-0.25, -0.2) is 0 Å². The fourth-order valence-electron chi connectivity index (χ4n) is 3.68. The molecule has 2 heterocycles. The van der Waals surface area contributed by atoms with Crippen molar-refractivity contribution in [3.8, 4) is 0 Å². The summed E-state index contributed by atoms with van der Waals surface area (Å²) in [4.78, 5) is 15.2. The molecule has 26 heavy (non-hydrogen) atoms. The number of fused-ring (bicyclic) bond motifs is 1. The summed E-state index contributed by atoms with van der Waals surface area (Å²) in [5.41, 5.74) is 3.01. The third-order valence-corrected chi connectivity index (χ3v) is 5.05. The lowest BCUT2D eigenvalue weighted by Crippen LogP contribution is -2.42. The lowest BCUT2D eigenvalue weighted by molar-refractivity contribution is -0.0227. The molecule has 0 unspecified atom stereocenters. The molecule has 1 aliphatic heterocycles. The summed E-state index contributed by atoms with van der Waals surface area (Å²) < 4.78 is 8.09. The van der Waals surface area contributed by atoms with Crippen LogP contribution in [0.25, 0.3) is 10.9 Å². The van der Waals surface area contributed by atoms with Gasteiger partial charge in [-0.3, -0.25) is 4.79 Å². The van der Waals surface area contributed by atoms with Gasteiger partial charge in [0.1, 0.15) is 6.10 Å². The molecule has 0 aliphatic carbocycles. The van der Waals surface area contributed by atoms with Crippen molar-refractivity contribution in [3.63, 3.8) is 0 Å². The summed E-state index contributed by atoms with van der Waals surface area (Å²) in [7, 11) is 0. The van der Waals surface area contributed by atoms with Gasteiger partial charge in [-0.05, 0) is 25.5 Å². The summed E-state index contributed by atoms with van der Waals surface area (Å²) in [5, 5.41) is 1.02. The number of para-hydroxylation sites is 1. The minimum Gasteiger partial charge on any atom is -0.370 e. The topological polar surface area (TPSA) is 34.5 Å². The van der Waals surface area contributed by atoms with Crippen LogP contribution in [0.3, 0.4) is 0 Å². The normalized spacial score (nSPS) is 17.8. The third-order valence-electron chi connectivity index (χ3n) is 5.05. The van der Waals surface area contributed by atoms with E-state index in [-0.39, 0.29) is 12.0 Å². The molecule has 1 atom stereocenters. The van der Waals surface area contributed by atoms with E-state index in [9.17, 15) is 4.79 Å². The maximum Gasteiger partial charge on any atom is 0.256 e. The van der Waals surface area contributed by atoms with E-state index in [2.05, 4.69) is 36.6 Å². The van der Waals surface area contributed by atoms with Crippen molar-refractivity contribution in [2.75, 3.05) is 19.7 Å². The van der Waals surface area contributed by atoms with Gasteiger partial charge in [0.2, 0.25) is 0 Å². The van der Waals surface area contributed by atoms with E-state index in [0.717, 1.165) is 22.0 Å². The number of carbonyl (C=O) groups excluding carboxylic acids is 1. The van der Waals surface area contributed by atoms with Gasteiger partial charge in [0.25, 0.3) is 5.91 Å². The van der Waals surface area contributed by atoms with E-state index >= 15 is 0 Å². The van der Waals surface area contributed by atoms with Gasteiger partial charge in [-0.2, -0.15) is 0 Å². The van der Waals surface area contributed by atoms with Gasteiger partial charge in [-0.1, -0.05) is 48.5 Å². The highest BCUT2D eigenvalue weighted by Crippen LogP contribution is 2.28. The number of aromatic nitrogens is 1. The first-order chi connectivity index (χ1) is 12.6. The Morgan fingerprint density at radius 1 is 1.08 bits per heavy atom. The fourth-order valence-corrected chi connectivity index (χ4v) is 3.68. The molecule has 0 N–H and O–H groups in total. The molecule has 2 aromatic carbocycles. The number of amides is 1. The Bertz CT molecular complexity index is 914. The van der Waals surface area contributed by atoms with E-state index in [1.165, 1.54) is 0 Å². The average Bonchev–Trinajstić information content (AvgIpc) is 3.08. The minimum atomic E-state index is -0.0626. The first-order valence-corrected chi connectivity index (χ1v) is 9.20. The van der Waals surface area contributed by atoms with E-state index in [1.54, 1.807) is 0 Å². The molecule has 0 radical (unpaired) electrons. The highest BCUT2D eigenvalue weighted by molar-refractivity contribution is 6.07. The first kappa shape index (κ1) is 16.9. The van der Waals surface area contributed by atoms with Crippen LogP contribution in [0.15, 0.2) is 60.8 Å². The largest absolute Gasteiger partial charge is 0.370 e. The van der Waals surface area contributed by atoms with E-state index < -0.39 is 0 Å². The molecule has 1 saturated heterocycles. The van der Waals surface area contributed by atoms with Crippen molar-refractivity contribution in [3.05, 3.63) is 71.9 Å². The number of rotatable bonds is 3. The van der Waals surface area contributed by atoms with Gasteiger partial charge >= 0.3 is 0 Å². The maximum absolute atomic E-state index is 13.3. The van der Waals surface area contributed by atoms with Crippen molar-refractivity contribution in [1.29, 1.82) is 0 Å². The van der Waals surface area contributed by atoms with Crippen LogP contribution in [0.4, 0.5) is 0 Å². The summed E-state index contributed by atoms with van der Waals surface area (Å²) in [6.45, 7) is 6.06. The van der Waals surface area contributed by atoms with Gasteiger partial charge in [0.15, 0.2) is 0 Å². The summed E-state index contributed by atoms with van der Waals surface area (Å²) in [5.74, 6) is 0.0878. The van der Waals surface area contributed by atoms with Crippen LogP contribution in [0.5, 0.6) is 0 Å². The van der Waals surface area contributed by atoms with Gasteiger partial charge < -0.3 is 14.2 Å². The van der Waals surface area contributed by atoms with Crippen LogP contribution >= 0.6 is 0 Å². The minimum absolute atomic E-state index is 0.0626. The van der Waals surface area contributed by atoms with Crippen molar-refractivity contribution in [1.82, 2.24) is 9.47 Å². The van der Waals surface area contributed by atoms with E-state index in [0.29, 0.717) is 25.7 Å². The molecule has 4 rings (SSSR count). The van der Waals surface area contributed by atoms with Gasteiger partial charge in [0.05, 0.1) is 18.7 Å². The van der Waals surface area contributed by atoms with Crippen molar-refractivity contribution < 1.29 is 9.53 Å².